The zero-order valence-corrected chi connectivity index (χ0v) is 12.2. The van der Waals surface area contributed by atoms with Crippen molar-refractivity contribution in [2.45, 2.75) is 19.4 Å². The highest BCUT2D eigenvalue weighted by Gasteiger charge is 2.11. The summed E-state index contributed by atoms with van der Waals surface area (Å²) >= 11 is 8.76. The lowest BCUT2D eigenvalue weighted by molar-refractivity contribution is -0.119. The smallest absolute Gasteiger partial charge is 0.321 e. The number of rotatable bonds is 4. The Morgan fingerprint density at radius 3 is 2.78 bits per heavy atom. The number of benzene rings is 1. The number of amides is 3. The van der Waals surface area contributed by atoms with Crippen molar-refractivity contribution >= 4 is 39.5 Å². The highest BCUT2D eigenvalue weighted by atomic mass is 79.9. The Balaban J connectivity index is 2.52. The van der Waals surface area contributed by atoms with Crippen LogP contribution in [0.1, 0.15) is 24.9 Å². The second kappa shape index (κ2) is 7.38. The van der Waals surface area contributed by atoms with Gasteiger partial charge in [-0.25, -0.2) is 4.79 Å². The van der Waals surface area contributed by atoms with Crippen molar-refractivity contribution in [3.8, 4) is 0 Å². The fraction of sp³-hybridized carbons (Fsp3) is 0.333. The Bertz CT molecular complexity index is 440. The van der Waals surface area contributed by atoms with Crippen LogP contribution in [-0.4, -0.2) is 17.8 Å². The molecular weight excluding hydrogens is 320 g/mol. The molecule has 1 aromatic carbocycles. The third-order valence-electron chi connectivity index (χ3n) is 2.27. The summed E-state index contributed by atoms with van der Waals surface area (Å²) in [5.74, 6) is -0.190. The normalized spacial score (nSPS) is 11.7. The zero-order valence-electron chi connectivity index (χ0n) is 9.87. The quantitative estimate of drug-likeness (QED) is 0.832. The largest absolute Gasteiger partial charge is 0.331 e. The minimum Gasteiger partial charge on any atom is -0.331 e. The van der Waals surface area contributed by atoms with Crippen LogP contribution in [0, 0.1) is 0 Å². The first-order valence-corrected chi connectivity index (χ1v) is 6.77. The van der Waals surface area contributed by atoms with Crippen molar-refractivity contribution in [1.82, 2.24) is 10.6 Å². The molecule has 3 amide bonds. The molecule has 1 unspecified atom stereocenters. The van der Waals surface area contributed by atoms with Gasteiger partial charge in [-0.3, -0.25) is 10.1 Å². The van der Waals surface area contributed by atoms with Crippen molar-refractivity contribution in [2.75, 3.05) is 5.88 Å². The maximum atomic E-state index is 11.5. The summed E-state index contributed by atoms with van der Waals surface area (Å²) in [4.78, 5) is 22.7. The Labute approximate surface area is 119 Å². The standard InChI is InChI=1S/C12H14BrClN2O2/c1-8(9-3-2-4-10(13)7-9)15-12(18)16-11(17)5-6-14/h2-4,7-8H,5-6H2,1H3,(H2,15,16,17,18). The number of nitrogens with one attached hydrogen (secondary N) is 2. The van der Waals surface area contributed by atoms with E-state index < -0.39 is 6.03 Å². The van der Waals surface area contributed by atoms with Gasteiger partial charge in [0.2, 0.25) is 5.91 Å². The molecule has 0 radical (unpaired) electrons. The predicted molar refractivity (Wildman–Crippen MR) is 74.6 cm³/mol. The maximum absolute atomic E-state index is 11.5. The molecule has 0 heterocycles. The van der Waals surface area contributed by atoms with E-state index >= 15 is 0 Å². The molecule has 1 atom stereocenters. The van der Waals surface area contributed by atoms with Gasteiger partial charge < -0.3 is 5.32 Å². The number of hydrogen-bond acceptors (Lipinski definition) is 2. The van der Waals surface area contributed by atoms with E-state index in [1.54, 1.807) is 0 Å². The number of carbonyl (C=O) groups excluding carboxylic acids is 2. The van der Waals surface area contributed by atoms with E-state index in [1.165, 1.54) is 0 Å². The van der Waals surface area contributed by atoms with Crippen LogP contribution >= 0.6 is 27.5 Å². The summed E-state index contributed by atoms with van der Waals surface area (Å²) in [7, 11) is 0. The molecule has 0 aromatic heterocycles. The Morgan fingerprint density at radius 2 is 2.17 bits per heavy atom. The monoisotopic (exact) mass is 332 g/mol. The van der Waals surface area contributed by atoms with E-state index in [-0.39, 0.29) is 24.2 Å². The fourth-order valence-corrected chi connectivity index (χ4v) is 1.96. The first kappa shape index (κ1) is 15.0. The predicted octanol–water partition coefficient (Wildman–Crippen LogP) is 2.96. The summed E-state index contributed by atoms with van der Waals surface area (Å²) in [6.45, 7) is 1.84. The molecule has 0 bridgehead atoms. The molecule has 0 aliphatic heterocycles. The lowest BCUT2D eigenvalue weighted by Crippen LogP contribution is -2.40. The van der Waals surface area contributed by atoms with Crippen LogP contribution in [0.15, 0.2) is 28.7 Å². The Morgan fingerprint density at radius 1 is 1.44 bits per heavy atom. The third kappa shape index (κ3) is 5.06. The van der Waals surface area contributed by atoms with E-state index in [0.29, 0.717) is 0 Å². The van der Waals surface area contributed by atoms with Crippen LogP contribution in [0.4, 0.5) is 4.79 Å². The second-order valence-electron chi connectivity index (χ2n) is 3.74. The Hall–Kier alpha value is -1.07. The average Bonchev–Trinajstić information content (AvgIpc) is 2.28. The molecule has 6 heteroatoms. The number of urea groups is 1. The van der Waals surface area contributed by atoms with E-state index in [4.69, 9.17) is 11.6 Å². The third-order valence-corrected chi connectivity index (χ3v) is 2.95. The van der Waals surface area contributed by atoms with Gasteiger partial charge in [-0.05, 0) is 24.6 Å². The van der Waals surface area contributed by atoms with Crippen LogP contribution in [0.25, 0.3) is 0 Å². The molecule has 0 saturated heterocycles. The SMILES string of the molecule is CC(NC(=O)NC(=O)CCCl)c1cccc(Br)c1. The van der Waals surface area contributed by atoms with E-state index in [9.17, 15) is 9.59 Å². The minimum absolute atomic E-state index is 0.125. The first-order valence-electron chi connectivity index (χ1n) is 5.44. The van der Waals surface area contributed by atoms with E-state index in [2.05, 4.69) is 26.6 Å². The number of halogens is 2. The molecule has 4 nitrogen and oxygen atoms in total. The molecule has 0 aliphatic rings. The molecule has 98 valence electrons. The van der Waals surface area contributed by atoms with Crippen molar-refractivity contribution < 1.29 is 9.59 Å². The van der Waals surface area contributed by atoms with Gasteiger partial charge in [-0.2, -0.15) is 0 Å². The molecule has 1 rings (SSSR count). The van der Waals surface area contributed by atoms with Gasteiger partial charge in [0, 0.05) is 16.8 Å². The summed E-state index contributed by atoms with van der Waals surface area (Å²) in [5.41, 5.74) is 0.948. The topological polar surface area (TPSA) is 58.2 Å². The maximum Gasteiger partial charge on any atom is 0.321 e. The summed E-state index contributed by atoms with van der Waals surface area (Å²) in [5, 5.41) is 4.89. The molecule has 2 N–H and O–H groups in total. The van der Waals surface area contributed by atoms with Gasteiger partial charge in [-0.1, -0.05) is 28.1 Å². The molecule has 1 aromatic rings. The highest BCUT2D eigenvalue weighted by molar-refractivity contribution is 9.10. The van der Waals surface area contributed by atoms with Crippen LogP contribution in [0.3, 0.4) is 0 Å². The van der Waals surface area contributed by atoms with Gasteiger partial charge in [0.25, 0.3) is 0 Å². The highest BCUT2D eigenvalue weighted by Crippen LogP contribution is 2.17. The van der Waals surface area contributed by atoms with Crippen LogP contribution < -0.4 is 10.6 Å². The lowest BCUT2D eigenvalue weighted by atomic mass is 10.1. The van der Waals surface area contributed by atoms with E-state index in [0.717, 1.165) is 10.0 Å². The summed E-state index contributed by atoms with van der Waals surface area (Å²) < 4.78 is 0.937. The number of alkyl halides is 1. The van der Waals surface area contributed by atoms with Gasteiger partial charge in [0.1, 0.15) is 0 Å². The molecule has 0 spiro atoms. The van der Waals surface area contributed by atoms with Crippen molar-refractivity contribution in [3.05, 3.63) is 34.3 Å². The Kier molecular flexibility index (Phi) is 6.15. The van der Waals surface area contributed by atoms with Crippen LogP contribution in [-0.2, 0) is 4.79 Å². The summed E-state index contributed by atoms with van der Waals surface area (Å²) in [6, 6.07) is 6.89. The van der Waals surface area contributed by atoms with Crippen LogP contribution in [0.2, 0.25) is 0 Å². The average molecular weight is 334 g/mol. The summed E-state index contributed by atoms with van der Waals surface area (Å²) in [6.07, 6.45) is 0.125. The minimum atomic E-state index is -0.516. The van der Waals surface area contributed by atoms with Gasteiger partial charge >= 0.3 is 6.03 Å². The van der Waals surface area contributed by atoms with Gasteiger partial charge in [0.15, 0.2) is 0 Å². The molecule has 0 aliphatic carbocycles. The molecule has 0 fully saturated rings. The van der Waals surface area contributed by atoms with Gasteiger partial charge in [0.05, 0.1) is 6.04 Å². The van der Waals surface area contributed by atoms with Crippen LogP contribution in [0.5, 0.6) is 0 Å². The van der Waals surface area contributed by atoms with E-state index in [1.807, 2.05) is 31.2 Å². The first-order chi connectivity index (χ1) is 8.52. The van der Waals surface area contributed by atoms with Gasteiger partial charge in [-0.15, -0.1) is 11.6 Å². The molecule has 18 heavy (non-hydrogen) atoms. The zero-order chi connectivity index (χ0) is 13.5. The second-order valence-corrected chi connectivity index (χ2v) is 5.03. The number of carbonyl (C=O) groups is 2. The lowest BCUT2D eigenvalue weighted by Gasteiger charge is -2.14. The van der Waals surface area contributed by atoms with Crippen molar-refractivity contribution in [3.63, 3.8) is 0 Å². The molecule has 0 saturated carbocycles. The fourth-order valence-electron chi connectivity index (χ4n) is 1.37. The van der Waals surface area contributed by atoms with Crippen molar-refractivity contribution in [2.24, 2.45) is 0 Å². The number of imide groups is 1. The molecular formula is C12H14BrClN2O2. The van der Waals surface area contributed by atoms with Crippen molar-refractivity contribution in [1.29, 1.82) is 0 Å². The number of hydrogen-bond donors (Lipinski definition) is 2.